The zero-order valence-electron chi connectivity index (χ0n) is 11.8. The van der Waals surface area contributed by atoms with Crippen LogP contribution in [0.2, 0.25) is 10.0 Å². The van der Waals surface area contributed by atoms with Gasteiger partial charge in [-0.1, -0.05) is 35.3 Å². The third-order valence-corrected chi connectivity index (χ3v) is 3.95. The highest BCUT2D eigenvalue weighted by molar-refractivity contribution is 6.43. The Hall–Kier alpha value is -2.29. The molecule has 5 nitrogen and oxygen atoms in total. The standard InChI is InChI=1S/C15H11Cl2N3O2/c1-7-11(15(21)22-2)12(9(6-18)14(19)20-7)8-4-3-5-10(16)13(8)17/h3-5H,1-2H3,(H2,19,20). The topological polar surface area (TPSA) is 89.0 Å². The molecule has 112 valence electrons. The lowest BCUT2D eigenvalue weighted by Crippen LogP contribution is -2.12. The second kappa shape index (κ2) is 6.22. The Kier molecular flexibility index (Phi) is 4.55. The van der Waals surface area contributed by atoms with E-state index in [-0.39, 0.29) is 27.5 Å². The minimum absolute atomic E-state index is 0.0127. The Morgan fingerprint density at radius 1 is 1.41 bits per heavy atom. The fourth-order valence-electron chi connectivity index (χ4n) is 2.16. The number of aryl methyl sites for hydroxylation is 1. The second-order valence-electron chi connectivity index (χ2n) is 4.41. The van der Waals surface area contributed by atoms with Gasteiger partial charge in [0, 0.05) is 11.1 Å². The molecule has 2 N–H and O–H groups in total. The molecule has 0 aliphatic carbocycles. The summed E-state index contributed by atoms with van der Waals surface area (Å²) in [6.07, 6.45) is 0. The van der Waals surface area contributed by atoms with E-state index >= 15 is 0 Å². The van der Waals surface area contributed by atoms with E-state index in [1.165, 1.54) is 7.11 Å². The normalized spacial score (nSPS) is 10.1. The van der Waals surface area contributed by atoms with Crippen molar-refractivity contribution in [1.82, 2.24) is 4.98 Å². The molecule has 7 heteroatoms. The summed E-state index contributed by atoms with van der Waals surface area (Å²) < 4.78 is 4.78. The number of ether oxygens (including phenoxy) is 1. The summed E-state index contributed by atoms with van der Waals surface area (Å²) in [6, 6.07) is 6.88. The van der Waals surface area contributed by atoms with Crippen molar-refractivity contribution < 1.29 is 9.53 Å². The number of aromatic nitrogens is 1. The molecule has 0 spiro atoms. The molecule has 0 radical (unpaired) electrons. The molecule has 0 fully saturated rings. The summed E-state index contributed by atoms with van der Waals surface area (Å²) in [4.78, 5) is 16.1. The van der Waals surface area contributed by atoms with Gasteiger partial charge in [-0.25, -0.2) is 9.78 Å². The van der Waals surface area contributed by atoms with Gasteiger partial charge in [-0.3, -0.25) is 0 Å². The molecular weight excluding hydrogens is 325 g/mol. The Balaban J connectivity index is 2.98. The number of nitrogen functional groups attached to an aromatic ring is 1. The number of halogens is 2. The van der Waals surface area contributed by atoms with Gasteiger partial charge >= 0.3 is 5.97 Å². The first-order valence-corrected chi connectivity index (χ1v) is 6.90. The molecule has 1 heterocycles. The number of anilines is 1. The molecule has 0 aliphatic heterocycles. The number of hydrogen-bond donors (Lipinski definition) is 1. The fourth-order valence-corrected chi connectivity index (χ4v) is 2.55. The Labute approximate surface area is 137 Å². The lowest BCUT2D eigenvalue weighted by Gasteiger charge is -2.15. The predicted octanol–water partition coefficient (Wildman–Crippen LogP) is 3.60. The minimum Gasteiger partial charge on any atom is -0.465 e. The van der Waals surface area contributed by atoms with Crippen LogP contribution in [0.25, 0.3) is 11.1 Å². The van der Waals surface area contributed by atoms with Crippen molar-refractivity contribution in [3.63, 3.8) is 0 Å². The lowest BCUT2D eigenvalue weighted by atomic mass is 9.94. The highest BCUT2D eigenvalue weighted by Crippen LogP contribution is 2.39. The van der Waals surface area contributed by atoms with Crippen LogP contribution in [0.1, 0.15) is 21.6 Å². The molecule has 22 heavy (non-hydrogen) atoms. The second-order valence-corrected chi connectivity index (χ2v) is 5.20. The highest BCUT2D eigenvalue weighted by Gasteiger charge is 2.25. The Bertz CT molecular complexity index is 813. The first kappa shape index (κ1) is 16.1. The number of nitrogens with zero attached hydrogens (tertiary/aromatic N) is 2. The van der Waals surface area contributed by atoms with Crippen molar-refractivity contribution >= 4 is 35.0 Å². The molecule has 0 aliphatic rings. The van der Waals surface area contributed by atoms with Gasteiger partial charge in [0.1, 0.15) is 17.5 Å². The molecule has 0 unspecified atom stereocenters. The van der Waals surface area contributed by atoms with Crippen LogP contribution >= 0.6 is 23.2 Å². The maximum absolute atomic E-state index is 12.1. The molecule has 0 amide bonds. The molecule has 0 bridgehead atoms. The van der Waals surface area contributed by atoms with Crippen LogP contribution in [0.15, 0.2) is 18.2 Å². The number of nitrogens with two attached hydrogens (primary N) is 1. The van der Waals surface area contributed by atoms with Gasteiger partial charge in [0.25, 0.3) is 0 Å². The average Bonchev–Trinajstić information content (AvgIpc) is 2.49. The maximum atomic E-state index is 12.1. The van der Waals surface area contributed by atoms with E-state index in [4.69, 9.17) is 33.7 Å². The largest absolute Gasteiger partial charge is 0.465 e. The summed E-state index contributed by atoms with van der Waals surface area (Å²) in [5.74, 6) is -0.619. The van der Waals surface area contributed by atoms with E-state index in [0.29, 0.717) is 16.3 Å². The molecule has 0 atom stereocenters. The van der Waals surface area contributed by atoms with E-state index in [9.17, 15) is 10.1 Å². The third-order valence-electron chi connectivity index (χ3n) is 3.13. The number of pyridine rings is 1. The summed E-state index contributed by atoms with van der Waals surface area (Å²) >= 11 is 12.3. The van der Waals surface area contributed by atoms with Gasteiger partial charge in [0.15, 0.2) is 0 Å². The molecule has 0 saturated heterocycles. The highest BCUT2D eigenvalue weighted by atomic mass is 35.5. The van der Waals surface area contributed by atoms with Gasteiger partial charge in [-0.15, -0.1) is 0 Å². The summed E-state index contributed by atoms with van der Waals surface area (Å²) in [6.45, 7) is 1.60. The van der Waals surface area contributed by atoms with Crippen LogP contribution in [0.5, 0.6) is 0 Å². The number of esters is 1. The van der Waals surface area contributed by atoms with Crippen LogP contribution in [0, 0.1) is 18.3 Å². The average molecular weight is 336 g/mol. The van der Waals surface area contributed by atoms with Gasteiger partial charge < -0.3 is 10.5 Å². The zero-order chi connectivity index (χ0) is 16.4. The van der Waals surface area contributed by atoms with Gasteiger partial charge in [-0.2, -0.15) is 5.26 Å². The Morgan fingerprint density at radius 2 is 2.09 bits per heavy atom. The summed E-state index contributed by atoms with van der Waals surface area (Å²) in [7, 11) is 1.24. The molecule has 2 rings (SSSR count). The van der Waals surface area contributed by atoms with E-state index in [0.717, 1.165) is 0 Å². The van der Waals surface area contributed by atoms with Crippen LogP contribution in [-0.4, -0.2) is 18.1 Å². The van der Waals surface area contributed by atoms with Gasteiger partial charge in [-0.05, 0) is 13.0 Å². The van der Waals surface area contributed by atoms with E-state index in [2.05, 4.69) is 4.98 Å². The fraction of sp³-hybridized carbons (Fsp3) is 0.133. The molecule has 0 saturated carbocycles. The number of nitriles is 1. The van der Waals surface area contributed by atoms with Gasteiger partial charge in [0.2, 0.25) is 0 Å². The smallest absolute Gasteiger partial charge is 0.340 e. The number of hydrogen-bond acceptors (Lipinski definition) is 5. The predicted molar refractivity (Wildman–Crippen MR) is 84.9 cm³/mol. The van der Waals surface area contributed by atoms with E-state index < -0.39 is 5.97 Å². The van der Waals surface area contributed by atoms with E-state index in [1.807, 2.05) is 6.07 Å². The van der Waals surface area contributed by atoms with Crippen molar-refractivity contribution in [3.05, 3.63) is 45.1 Å². The first-order chi connectivity index (χ1) is 10.4. The van der Waals surface area contributed by atoms with Crippen LogP contribution in [0.4, 0.5) is 5.82 Å². The van der Waals surface area contributed by atoms with E-state index in [1.54, 1.807) is 25.1 Å². The SMILES string of the molecule is COC(=O)c1c(C)nc(N)c(C#N)c1-c1cccc(Cl)c1Cl. The number of carbonyl (C=O) groups excluding carboxylic acids is 1. The number of methoxy groups -OCH3 is 1. The molecular formula is C15H11Cl2N3O2. The minimum atomic E-state index is -0.632. The molecule has 1 aromatic heterocycles. The van der Waals surface area contributed by atoms with Gasteiger partial charge in [0.05, 0.1) is 28.4 Å². The number of benzene rings is 1. The quantitative estimate of drug-likeness (QED) is 0.846. The first-order valence-electron chi connectivity index (χ1n) is 6.15. The lowest BCUT2D eigenvalue weighted by molar-refractivity contribution is 0.0600. The van der Waals surface area contributed by atoms with Crippen molar-refractivity contribution in [2.24, 2.45) is 0 Å². The van der Waals surface area contributed by atoms with Crippen molar-refractivity contribution in [3.8, 4) is 17.2 Å². The van der Waals surface area contributed by atoms with Crippen molar-refractivity contribution in [2.75, 3.05) is 12.8 Å². The van der Waals surface area contributed by atoms with Crippen LogP contribution in [0.3, 0.4) is 0 Å². The molecule has 1 aromatic carbocycles. The summed E-state index contributed by atoms with van der Waals surface area (Å²) in [5.41, 5.74) is 7.03. The zero-order valence-corrected chi connectivity index (χ0v) is 13.3. The summed E-state index contributed by atoms with van der Waals surface area (Å²) in [5, 5.41) is 9.91. The number of carbonyl (C=O) groups is 1. The monoisotopic (exact) mass is 335 g/mol. The van der Waals surface area contributed by atoms with Crippen molar-refractivity contribution in [2.45, 2.75) is 6.92 Å². The third kappa shape index (κ3) is 2.59. The van der Waals surface area contributed by atoms with Crippen LogP contribution in [-0.2, 0) is 4.74 Å². The van der Waals surface area contributed by atoms with Crippen molar-refractivity contribution in [1.29, 1.82) is 5.26 Å². The molecule has 2 aromatic rings. The maximum Gasteiger partial charge on any atom is 0.340 e. The van der Waals surface area contributed by atoms with Crippen LogP contribution < -0.4 is 5.73 Å². The Morgan fingerprint density at radius 3 is 2.68 bits per heavy atom. The number of rotatable bonds is 2.